The van der Waals surface area contributed by atoms with Crippen LogP contribution in [-0.2, 0) is 6.54 Å². The third-order valence-corrected chi connectivity index (χ3v) is 3.23. The number of aryl methyl sites for hydroxylation is 1. The molecule has 0 saturated carbocycles. The van der Waals surface area contributed by atoms with Crippen LogP contribution in [0.2, 0.25) is 5.02 Å². The second-order valence-electron chi connectivity index (χ2n) is 3.95. The molecule has 0 unspecified atom stereocenters. The number of nitrogens with zero attached hydrogens (tertiary/aromatic N) is 3. The van der Waals surface area contributed by atoms with Gasteiger partial charge in [0.15, 0.2) is 0 Å². The molecule has 4 heteroatoms. The molecule has 86 valence electrons. The van der Waals surface area contributed by atoms with Gasteiger partial charge in [0.2, 0.25) is 0 Å². The summed E-state index contributed by atoms with van der Waals surface area (Å²) in [6.45, 7) is 4.46. The maximum atomic E-state index is 8.84. The smallest absolute Gasteiger partial charge is 0.0991 e. The van der Waals surface area contributed by atoms with E-state index in [2.05, 4.69) is 11.2 Å². The Balaban J connectivity index is 2.32. The maximum absolute atomic E-state index is 8.84. The van der Waals surface area contributed by atoms with Gasteiger partial charge in [0, 0.05) is 0 Å². The standard InChI is InChI=1S/C13H12ClN3/c1-9-13(14)10(2)17(16-9)8-12-5-3-4-11(6-12)7-15/h3-6H,8H2,1-2H3. The first kappa shape index (κ1) is 11.7. The van der Waals surface area contributed by atoms with Gasteiger partial charge in [-0.15, -0.1) is 0 Å². The van der Waals surface area contributed by atoms with Gasteiger partial charge in [-0.1, -0.05) is 23.7 Å². The molecule has 1 aromatic heterocycles. The molecule has 0 N–H and O–H groups in total. The molecule has 0 bridgehead atoms. The van der Waals surface area contributed by atoms with Gasteiger partial charge in [-0.25, -0.2) is 0 Å². The van der Waals surface area contributed by atoms with Gasteiger partial charge in [-0.3, -0.25) is 4.68 Å². The van der Waals surface area contributed by atoms with Crippen molar-refractivity contribution in [2.24, 2.45) is 0 Å². The van der Waals surface area contributed by atoms with Crippen LogP contribution in [0, 0.1) is 25.2 Å². The Morgan fingerprint density at radius 1 is 1.41 bits per heavy atom. The van der Waals surface area contributed by atoms with Crippen molar-refractivity contribution in [2.75, 3.05) is 0 Å². The lowest BCUT2D eigenvalue weighted by atomic mass is 10.1. The fourth-order valence-corrected chi connectivity index (χ4v) is 1.88. The first-order valence-corrected chi connectivity index (χ1v) is 5.68. The van der Waals surface area contributed by atoms with E-state index >= 15 is 0 Å². The number of hydrogen-bond donors (Lipinski definition) is 0. The molecule has 0 fully saturated rings. The molecule has 0 aliphatic heterocycles. The highest BCUT2D eigenvalue weighted by Gasteiger charge is 2.09. The summed E-state index contributed by atoms with van der Waals surface area (Å²) < 4.78 is 1.86. The van der Waals surface area contributed by atoms with E-state index in [1.54, 1.807) is 6.07 Å². The zero-order valence-corrected chi connectivity index (χ0v) is 10.5. The summed E-state index contributed by atoms with van der Waals surface area (Å²) in [5, 5.41) is 13.9. The lowest BCUT2D eigenvalue weighted by molar-refractivity contribution is 0.659. The van der Waals surface area contributed by atoms with E-state index in [0.29, 0.717) is 17.1 Å². The van der Waals surface area contributed by atoms with Gasteiger partial charge >= 0.3 is 0 Å². The van der Waals surface area contributed by atoms with Gasteiger partial charge in [-0.05, 0) is 31.5 Å². The minimum atomic E-state index is 0.634. The summed E-state index contributed by atoms with van der Waals surface area (Å²) in [5.41, 5.74) is 3.49. The van der Waals surface area contributed by atoms with Crippen LogP contribution in [-0.4, -0.2) is 9.78 Å². The van der Waals surface area contributed by atoms with Crippen LogP contribution >= 0.6 is 11.6 Å². The summed E-state index contributed by atoms with van der Waals surface area (Å²) >= 11 is 6.09. The molecule has 0 aliphatic carbocycles. The molecule has 0 aliphatic rings. The average Bonchev–Trinajstić information content (AvgIpc) is 2.57. The number of hydrogen-bond acceptors (Lipinski definition) is 2. The van der Waals surface area contributed by atoms with Crippen LogP contribution in [0.5, 0.6) is 0 Å². The molecule has 0 spiro atoms. The predicted molar refractivity (Wildman–Crippen MR) is 67.0 cm³/mol. The zero-order chi connectivity index (χ0) is 12.4. The third kappa shape index (κ3) is 2.32. The Labute approximate surface area is 105 Å². The summed E-state index contributed by atoms with van der Waals surface area (Å²) in [4.78, 5) is 0. The Morgan fingerprint density at radius 2 is 2.18 bits per heavy atom. The highest BCUT2D eigenvalue weighted by molar-refractivity contribution is 6.31. The largest absolute Gasteiger partial charge is 0.264 e. The lowest BCUT2D eigenvalue weighted by Crippen LogP contribution is -2.04. The van der Waals surface area contributed by atoms with E-state index in [9.17, 15) is 0 Å². The average molecular weight is 246 g/mol. The van der Waals surface area contributed by atoms with Crippen molar-refractivity contribution in [1.29, 1.82) is 5.26 Å². The molecule has 2 rings (SSSR count). The molecular formula is C13H12ClN3. The number of benzene rings is 1. The minimum absolute atomic E-state index is 0.634. The van der Waals surface area contributed by atoms with Gasteiger partial charge in [0.1, 0.15) is 0 Å². The van der Waals surface area contributed by atoms with Crippen LogP contribution in [0.1, 0.15) is 22.5 Å². The van der Waals surface area contributed by atoms with Crippen molar-refractivity contribution >= 4 is 11.6 Å². The Hall–Kier alpha value is -1.79. The summed E-state index contributed by atoms with van der Waals surface area (Å²) in [6.07, 6.45) is 0. The fraction of sp³-hybridized carbons (Fsp3) is 0.231. The van der Waals surface area contributed by atoms with Gasteiger partial charge in [0.05, 0.1) is 34.6 Å². The highest BCUT2D eigenvalue weighted by atomic mass is 35.5. The monoisotopic (exact) mass is 245 g/mol. The second-order valence-corrected chi connectivity index (χ2v) is 4.33. The van der Waals surface area contributed by atoms with Crippen molar-refractivity contribution in [2.45, 2.75) is 20.4 Å². The lowest BCUT2D eigenvalue weighted by Gasteiger charge is -2.04. The Kier molecular flexibility index (Phi) is 3.16. The number of aromatic nitrogens is 2. The van der Waals surface area contributed by atoms with Gasteiger partial charge in [-0.2, -0.15) is 10.4 Å². The van der Waals surface area contributed by atoms with E-state index in [-0.39, 0.29) is 0 Å². The van der Waals surface area contributed by atoms with Crippen LogP contribution in [0.4, 0.5) is 0 Å². The first-order chi connectivity index (χ1) is 8.11. The second kappa shape index (κ2) is 4.60. The van der Waals surface area contributed by atoms with Crippen molar-refractivity contribution in [1.82, 2.24) is 9.78 Å². The van der Waals surface area contributed by atoms with Crippen LogP contribution in [0.15, 0.2) is 24.3 Å². The predicted octanol–water partition coefficient (Wildman–Crippen LogP) is 3.07. The topological polar surface area (TPSA) is 41.6 Å². The Bertz CT molecular complexity index is 593. The Morgan fingerprint density at radius 3 is 2.76 bits per heavy atom. The highest BCUT2D eigenvalue weighted by Crippen LogP contribution is 2.19. The summed E-state index contributed by atoms with van der Waals surface area (Å²) in [7, 11) is 0. The third-order valence-electron chi connectivity index (χ3n) is 2.68. The van der Waals surface area contributed by atoms with E-state index in [4.69, 9.17) is 16.9 Å². The molecule has 0 radical (unpaired) electrons. The van der Waals surface area contributed by atoms with Crippen molar-refractivity contribution in [3.8, 4) is 6.07 Å². The van der Waals surface area contributed by atoms with Gasteiger partial charge in [0.25, 0.3) is 0 Å². The molecular weight excluding hydrogens is 234 g/mol. The molecule has 1 heterocycles. The normalized spacial score (nSPS) is 10.2. The van der Waals surface area contributed by atoms with Crippen molar-refractivity contribution < 1.29 is 0 Å². The van der Waals surface area contributed by atoms with E-state index in [1.807, 2.05) is 36.7 Å². The number of rotatable bonds is 2. The van der Waals surface area contributed by atoms with Crippen molar-refractivity contribution in [3.63, 3.8) is 0 Å². The molecule has 0 atom stereocenters. The molecule has 0 amide bonds. The molecule has 17 heavy (non-hydrogen) atoms. The minimum Gasteiger partial charge on any atom is -0.264 e. The molecule has 1 aromatic carbocycles. The van der Waals surface area contributed by atoms with Gasteiger partial charge < -0.3 is 0 Å². The summed E-state index contributed by atoms with van der Waals surface area (Å²) in [6, 6.07) is 9.64. The summed E-state index contributed by atoms with van der Waals surface area (Å²) in [5.74, 6) is 0. The van der Waals surface area contributed by atoms with Crippen LogP contribution in [0.3, 0.4) is 0 Å². The fourth-order valence-electron chi connectivity index (χ4n) is 1.74. The number of halogens is 1. The SMILES string of the molecule is Cc1nn(Cc2cccc(C#N)c2)c(C)c1Cl. The zero-order valence-electron chi connectivity index (χ0n) is 9.74. The molecule has 2 aromatic rings. The first-order valence-electron chi connectivity index (χ1n) is 5.30. The number of nitriles is 1. The maximum Gasteiger partial charge on any atom is 0.0991 e. The van der Waals surface area contributed by atoms with Crippen LogP contribution < -0.4 is 0 Å². The van der Waals surface area contributed by atoms with E-state index < -0.39 is 0 Å². The van der Waals surface area contributed by atoms with Crippen LogP contribution in [0.25, 0.3) is 0 Å². The molecule has 0 saturated heterocycles. The van der Waals surface area contributed by atoms with Crippen molar-refractivity contribution in [3.05, 3.63) is 51.8 Å². The molecule has 3 nitrogen and oxygen atoms in total. The van der Waals surface area contributed by atoms with E-state index in [1.165, 1.54) is 0 Å². The van der Waals surface area contributed by atoms with E-state index in [0.717, 1.165) is 17.0 Å². The quantitative estimate of drug-likeness (QED) is 0.816.